The molecule has 1 aliphatic rings. The lowest BCUT2D eigenvalue weighted by molar-refractivity contribution is -0.140. The highest BCUT2D eigenvalue weighted by atomic mass is 35.5. The molecule has 1 saturated heterocycles. The quantitative estimate of drug-likeness (QED) is 0.310. The van der Waals surface area contributed by atoms with Crippen LogP contribution in [0.2, 0.25) is 5.02 Å². The zero-order valence-electron chi connectivity index (χ0n) is 17.1. The summed E-state index contributed by atoms with van der Waals surface area (Å²) in [5, 5.41) is 11.3. The van der Waals surface area contributed by atoms with Crippen molar-refractivity contribution in [1.29, 1.82) is 0 Å². The Morgan fingerprint density at radius 1 is 1.17 bits per heavy atom. The molecule has 1 N–H and O–H groups in total. The Morgan fingerprint density at radius 3 is 2.57 bits per heavy atom. The Bertz CT molecular complexity index is 1000. The van der Waals surface area contributed by atoms with Gasteiger partial charge in [-0.05, 0) is 37.1 Å². The van der Waals surface area contributed by atoms with Gasteiger partial charge in [0.25, 0.3) is 11.7 Å². The van der Waals surface area contributed by atoms with Gasteiger partial charge in [0.15, 0.2) is 0 Å². The normalized spacial score (nSPS) is 18.1. The highest BCUT2D eigenvalue weighted by Crippen LogP contribution is 2.40. The van der Waals surface area contributed by atoms with E-state index in [4.69, 9.17) is 21.1 Å². The molecule has 1 aliphatic heterocycles. The molecule has 0 radical (unpaired) electrons. The van der Waals surface area contributed by atoms with E-state index in [0.717, 1.165) is 11.1 Å². The second-order valence-corrected chi connectivity index (χ2v) is 7.51. The number of Topliss-reactive ketones (excluding diaryl/α,β-unsaturated/α-hetero) is 1. The van der Waals surface area contributed by atoms with E-state index < -0.39 is 17.7 Å². The number of ether oxygens (including phenoxy) is 2. The van der Waals surface area contributed by atoms with Crippen molar-refractivity contribution in [2.75, 3.05) is 27.4 Å². The molecule has 3 rings (SSSR count). The van der Waals surface area contributed by atoms with Crippen LogP contribution < -0.4 is 4.74 Å². The number of hydrogen-bond acceptors (Lipinski definition) is 5. The highest BCUT2D eigenvalue weighted by Gasteiger charge is 2.45. The van der Waals surface area contributed by atoms with Gasteiger partial charge < -0.3 is 19.5 Å². The van der Waals surface area contributed by atoms with Gasteiger partial charge in [0.05, 0.1) is 23.7 Å². The Morgan fingerprint density at radius 2 is 1.93 bits per heavy atom. The minimum Gasteiger partial charge on any atom is -0.507 e. The number of likely N-dealkylation sites (tertiary alicyclic amines) is 1. The minimum atomic E-state index is -0.719. The first-order valence-electron chi connectivity index (χ1n) is 9.56. The van der Waals surface area contributed by atoms with Crippen LogP contribution in [0, 0.1) is 6.92 Å². The molecule has 0 bridgehead atoms. The van der Waals surface area contributed by atoms with Crippen molar-refractivity contribution in [3.63, 3.8) is 0 Å². The number of halogens is 1. The van der Waals surface area contributed by atoms with E-state index in [-0.39, 0.29) is 11.3 Å². The predicted octanol–water partition coefficient (Wildman–Crippen LogP) is 4.12. The number of amides is 1. The smallest absolute Gasteiger partial charge is 0.295 e. The van der Waals surface area contributed by atoms with Crippen molar-refractivity contribution in [3.05, 3.63) is 69.8 Å². The van der Waals surface area contributed by atoms with Gasteiger partial charge in [0.2, 0.25) is 0 Å². The fourth-order valence-corrected chi connectivity index (χ4v) is 3.90. The molecule has 0 saturated carbocycles. The molecule has 0 aliphatic carbocycles. The van der Waals surface area contributed by atoms with Crippen molar-refractivity contribution in [3.8, 4) is 5.75 Å². The van der Waals surface area contributed by atoms with E-state index in [1.807, 2.05) is 31.2 Å². The topological polar surface area (TPSA) is 76.1 Å². The molecule has 158 valence electrons. The second kappa shape index (κ2) is 9.32. The molecule has 0 aromatic heterocycles. The maximum absolute atomic E-state index is 12.9. The van der Waals surface area contributed by atoms with Crippen LogP contribution in [0.3, 0.4) is 0 Å². The SMILES string of the molecule is COCCCN1C(=O)C(=O)/C(=C(\O)c2ccc(OC)c(Cl)c2)C1c1cccc(C)c1. The van der Waals surface area contributed by atoms with E-state index in [1.165, 1.54) is 18.1 Å². The number of nitrogens with zero attached hydrogens (tertiary/aromatic N) is 1. The van der Waals surface area contributed by atoms with E-state index in [0.29, 0.717) is 35.9 Å². The Labute approximate surface area is 180 Å². The first-order chi connectivity index (χ1) is 14.4. The summed E-state index contributed by atoms with van der Waals surface area (Å²) in [7, 11) is 3.07. The van der Waals surface area contributed by atoms with Crippen LogP contribution in [0.5, 0.6) is 5.75 Å². The Kier molecular flexibility index (Phi) is 6.80. The molecule has 2 aromatic rings. The van der Waals surface area contributed by atoms with Gasteiger partial charge >= 0.3 is 0 Å². The summed E-state index contributed by atoms with van der Waals surface area (Å²) < 4.78 is 10.2. The lowest BCUT2D eigenvalue weighted by atomic mass is 9.94. The molecular weight excluding hydrogens is 406 g/mol. The fraction of sp³-hybridized carbons (Fsp3) is 0.304. The van der Waals surface area contributed by atoms with Crippen LogP contribution in [0.15, 0.2) is 48.0 Å². The summed E-state index contributed by atoms with van der Waals surface area (Å²) in [5.41, 5.74) is 2.13. The Balaban J connectivity index is 2.13. The van der Waals surface area contributed by atoms with Crippen molar-refractivity contribution >= 4 is 29.1 Å². The molecule has 1 unspecified atom stereocenters. The first-order valence-corrected chi connectivity index (χ1v) is 9.94. The van der Waals surface area contributed by atoms with Crippen molar-refractivity contribution in [1.82, 2.24) is 4.90 Å². The summed E-state index contributed by atoms with van der Waals surface area (Å²) in [5.74, 6) is -1.18. The third kappa shape index (κ3) is 4.20. The first kappa shape index (κ1) is 21.9. The van der Waals surface area contributed by atoms with Crippen LogP contribution in [-0.2, 0) is 14.3 Å². The number of carbonyl (C=O) groups excluding carboxylic acids is 2. The van der Waals surface area contributed by atoms with Gasteiger partial charge in [-0.1, -0.05) is 41.4 Å². The number of rotatable bonds is 7. The molecule has 7 heteroatoms. The van der Waals surface area contributed by atoms with Gasteiger partial charge in [-0.3, -0.25) is 9.59 Å². The summed E-state index contributed by atoms with van der Waals surface area (Å²) in [4.78, 5) is 27.3. The van der Waals surface area contributed by atoms with Gasteiger partial charge in [0, 0.05) is 25.8 Å². The summed E-state index contributed by atoms with van der Waals surface area (Å²) in [6.07, 6.45) is 0.570. The van der Waals surface area contributed by atoms with Gasteiger partial charge in [0.1, 0.15) is 11.5 Å². The number of methoxy groups -OCH3 is 2. The summed E-state index contributed by atoms with van der Waals surface area (Å²) in [6, 6.07) is 11.6. The maximum atomic E-state index is 12.9. The summed E-state index contributed by atoms with van der Waals surface area (Å²) >= 11 is 6.20. The zero-order valence-corrected chi connectivity index (χ0v) is 17.9. The average molecular weight is 430 g/mol. The van der Waals surface area contributed by atoms with E-state index in [2.05, 4.69) is 0 Å². The molecule has 6 nitrogen and oxygen atoms in total. The third-order valence-electron chi connectivity index (χ3n) is 5.07. The minimum absolute atomic E-state index is 0.0456. The maximum Gasteiger partial charge on any atom is 0.295 e. The van der Waals surface area contributed by atoms with Crippen LogP contribution in [0.1, 0.15) is 29.2 Å². The lowest BCUT2D eigenvalue weighted by Crippen LogP contribution is -2.31. The van der Waals surface area contributed by atoms with Crippen molar-refractivity contribution in [2.24, 2.45) is 0 Å². The standard InChI is InChI=1S/C23H24ClNO5/c1-14-6-4-7-15(12-14)20-19(22(27)23(28)25(20)10-5-11-29-2)21(26)16-8-9-18(30-3)17(24)13-16/h4,6-9,12-13,20,26H,5,10-11H2,1-3H3/b21-19-. The van der Waals surface area contributed by atoms with Crippen LogP contribution in [0.4, 0.5) is 0 Å². The highest BCUT2D eigenvalue weighted by molar-refractivity contribution is 6.46. The van der Waals surface area contributed by atoms with Gasteiger partial charge in [-0.15, -0.1) is 0 Å². The zero-order chi connectivity index (χ0) is 21.8. The second-order valence-electron chi connectivity index (χ2n) is 7.10. The number of aliphatic hydroxyl groups is 1. The molecule has 0 spiro atoms. The largest absolute Gasteiger partial charge is 0.507 e. The lowest BCUT2D eigenvalue weighted by Gasteiger charge is -2.25. The number of benzene rings is 2. The molecular formula is C23H24ClNO5. The monoisotopic (exact) mass is 429 g/mol. The molecule has 1 heterocycles. The van der Waals surface area contributed by atoms with Crippen molar-refractivity contribution < 1.29 is 24.2 Å². The van der Waals surface area contributed by atoms with Crippen LogP contribution in [0.25, 0.3) is 5.76 Å². The van der Waals surface area contributed by atoms with Crippen molar-refractivity contribution in [2.45, 2.75) is 19.4 Å². The predicted molar refractivity (Wildman–Crippen MR) is 115 cm³/mol. The number of hydrogen-bond donors (Lipinski definition) is 1. The van der Waals surface area contributed by atoms with Crippen LogP contribution in [-0.4, -0.2) is 49.1 Å². The molecule has 1 amide bonds. The Hall–Kier alpha value is -2.83. The molecule has 1 atom stereocenters. The van der Waals surface area contributed by atoms with Gasteiger partial charge in [-0.2, -0.15) is 0 Å². The van der Waals surface area contributed by atoms with E-state index in [9.17, 15) is 14.7 Å². The number of aliphatic hydroxyl groups excluding tert-OH is 1. The van der Waals surface area contributed by atoms with Crippen LogP contribution >= 0.6 is 11.6 Å². The van der Waals surface area contributed by atoms with E-state index >= 15 is 0 Å². The average Bonchev–Trinajstić information content (AvgIpc) is 2.98. The molecule has 2 aromatic carbocycles. The number of ketones is 1. The third-order valence-corrected chi connectivity index (χ3v) is 5.37. The van der Waals surface area contributed by atoms with E-state index in [1.54, 1.807) is 19.2 Å². The molecule has 1 fully saturated rings. The number of aryl methyl sites for hydroxylation is 1. The summed E-state index contributed by atoms with van der Waals surface area (Å²) in [6.45, 7) is 2.72. The van der Waals surface area contributed by atoms with Gasteiger partial charge in [-0.25, -0.2) is 0 Å². The fourth-order valence-electron chi connectivity index (χ4n) is 3.65. The molecule has 30 heavy (non-hydrogen) atoms. The number of carbonyl (C=O) groups is 2.